The van der Waals surface area contributed by atoms with Crippen molar-refractivity contribution in [2.45, 2.75) is 33.3 Å². The number of hydrogen-bond donors (Lipinski definition) is 2. The molecule has 2 rings (SSSR count). The maximum Gasteiger partial charge on any atom is 0.413 e. The summed E-state index contributed by atoms with van der Waals surface area (Å²) in [4.78, 5) is 39.6. The standard InChI is InChI=1S/C21H25N3O6/c1-5-28-18(25)13-29-16-8-6-15(7-9-16)23-19(26)14-10-11-22-17(12-14)24-20(27)30-21(2,3)4/h6-12H,5,13H2,1-4H3,(H,23,26)(H,22,24,27). The summed E-state index contributed by atoms with van der Waals surface area (Å²) in [7, 11) is 0. The van der Waals surface area contributed by atoms with Gasteiger partial charge in [0.2, 0.25) is 0 Å². The Labute approximate surface area is 174 Å². The smallest absolute Gasteiger partial charge is 0.413 e. The van der Waals surface area contributed by atoms with Crippen LogP contribution < -0.4 is 15.4 Å². The summed E-state index contributed by atoms with van der Waals surface area (Å²) >= 11 is 0. The van der Waals surface area contributed by atoms with Gasteiger partial charge in [0.1, 0.15) is 17.2 Å². The molecule has 0 unspecified atom stereocenters. The number of esters is 1. The molecule has 9 nitrogen and oxygen atoms in total. The minimum Gasteiger partial charge on any atom is -0.482 e. The summed E-state index contributed by atoms with van der Waals surface area (Å²) in [6.07, 6.45) is 0.750. The monoisotopic (exact) mass is 415 g/mol. The molecule has 30 heavy (non-hydrogen) atoms. The third-order valence-corrected chi connectivity index (χ3v) is 3.43. The summed E-state index contributed by atoms with van der Waals surface area (Å²) in [5.74, 6) is -0.179. The highest BCUT2D eigenvalue weighted by molar-refractivity contribution is 6.05. The molecule has 0 atom stereocenters. The molecule has 160 valence electrons. The van der Waals surface area contributed by atoms with Crippen LogP contribution in [0.1, 0.15) is 38.1 Å². The fraction of sp³-hybridized carbons (Fsp3) is 0.333. The Morgan fingerprint density at radius 2 is 1.73 bits per heavy atom. The molecule has 2 aromatic rings. The Bertz CT molecular complexity index is 890. The van der Waals surface area contributed by atoms with E-state index >= 15 is 0 Å². The van der Waals surface area contributed by atoms with Crippen LogP contribution in [-0.2, 0) is 14.3 Å². The minimum atomic E-state index is -0.661. The number of carbonyl (C=O) groups is 3. The van der Waals surface area contributed by atoms with E-state index < -0.39 is 17.7 Å². The van der Waals surface area contributed by atoms with Gasteiger partial charge >= 0.3 is 12.1 Å². The van der Waals surface area contributed by atoms with Gasteiger partial charge < -0.3 is 19.5 Å². The van der Waals surface area contributed by atoms with Crippen LogP contribution in [-0.4, -0.2) is 41.8 Å². The first-order chi connectivity index (χ1) is 14.2. The SMILES string of the molecule is CCOC(=O)COc1ccc(NC(=O)c2ccnc(NC(=O)OC(C)(C)C)c2)cc1. The second-order valence-electron chi connectivity index (χ2n) is 7.13. The molecule has 0 radical (unpaired) electrons. The van der Waals surface area contributed by atoms with E-state index in [1.807, 2.05) is 0 Å². The number of carbonyl (C=O) groups excluding carboxylic acids is 3. The largest absolute Gasteiger partial charge is 0.482 e. The highest BCUT2D eigenvalue weighted by atomic mass is 16.6. The van der Waals surface area contributed by atoms with Crippen LogP contribution in [0.4, 0.5) is 16.3 Å². The summed E-state index contributed by atoms with van der Waals surface area (Å²) in [5.41, 5.74) is 0.186. The second-order valence-corrected chi connectivity index (χ2v) is 7.13. The maximum absolute atomic E-state index is 12.5. The number of rotatable bonds is 7. The Morgan fingerprint density at radius 3 is 2.37 bits per heavy atom. The van der Waals surface area contributed by atoms with Gasteiger partial charge in [-0.3, -0.25) is 10.1 Å². The van der Waals surface area contributed by atoms with Gasteiger partial charge in [0, 0.05) is 17.4 Å². The molecule has 0 saturated heterocycles. The summed E-state index contributed by atoms with van der Waals surface area (Å²) < 4.78 is 15.3. The molecule has 0 bridgehead atoms. The number of anilines is 2. The van der Waals surface area contributed by atoms with Crippen LogP contribution in [0, 0.1) is 0 Å². The summed E-state index contributed by atoms with van der Waals surface area (Å²) in [6, 6.07) is 9.48. The Kier molecular flexibility index (Phi) is 7.74. The van der Waals surface area contributed by atoms with Crippen LogP contribution in [0.3, 0.4) is 0 Å². The van der Waals surface area contributed by atoms with Crippen LogP contribution in [0.5, 0.6) is 5.75 Å². The van der Waals surface area contributed by atoms with E-state index in [9.17, 15) is 14.4 Å². The highest BCUT2D eigenvalue weighted by Gasteiger charge is 2.17. The molecule has 0 aliphatic rings. The lowest BCUT2D eigenvalue weighted by Crippen LogP contribution is -2.27. The molecular weight excluding hydrogens is 390 g/mol. The van der Waals surface area contributed by atoms with Gasteiger partial charge in [-0.1, -0.05) is 0 Å². The number of benzene rings is 1. The van der Waals surface area contributed by atoms with Crippen molar-refractivity contribution >= 4 is 29.5 Å². The minimum absolute atomic E-state index is 0.190. The lowest BCUT2D eigenvalue weighted by Gasteiger charge is -2.19. The van der Waals surface area contributed by atoms with Crippen molar-refractivity contribution < 1.29 is 28.6 Å². The number of hydrogen-bond acceptors (Lipinski definition) is 7. The van der Waals surface area contributed by atoms with Crippen molar-refractivity contribution in [2.75, 3.05) is 23.8 Å². The topological polar surface area (TPSA) is 116 Å². The number of pyridine rings is 1. The Morgan fingerprint density at radius 1 is 1.03 bits per heavy atom. The summed E-state index contributed by atoms with van der Waals surface area (Å²) in [6.45, 7) is 7.06. The predicted octanol–water partition coefficient (Wildman–Crippen LogP) is 3.62. The van der Waals surface area contributed by atoms with Gasteiger partial charge in [-0.25, -0.2) is 14.6 Å². The third-order valence-electron chi connectivity index (χ3n) is 3.43. The number of ether oxygens (including phenoxy) is 3. The lowest BCUT2D eigenvalue weighted by atomic mass is 10.2. The van der Waals surface area contributed by atoms with E-state index in [0.29, 0.717) is 17.0 Å². The number of aromatic nitrogens is 1. The van der Waals surface area contributed by atoms with Crippen LogP contribution in [0.15, 0.2) is 42.6 Å². The van der Waals surface area contributed by atoms with E-state index in [2.05, 4.69) is 15.6 Å². The van der Waals surface area contributed by atoms with E-state index in [0.717, 1.165) is 0 Å². The Hall–Kier alpha value is -3.62. The molecule has 9 heteroatoms. The first-order valence-electron chi connectivity index (χ1n) is 9.32. The van der Waals surface area contributed by atoms with Gasteiger partial charge in [0.25, 0.3) is 5.91 Å². The molecule has 0 aliphatic heterocycles. The zero-order chi connectivity index (χ0) is 22.1. The molecule has 2 amide bonds. The van der Waals surface area contributed by atoms with Crippen LogP contribution >= 0.6 is 0 Å². The van der Waals surface area contributed by atoms with E-state index in [-0.39, 0.29) is 24.9 Å². The van der Waals surface area contributed by atoms with E-state index in [4.69, 9.17) is 14.2 Å². The van der Waals surface area contributed by atoms with Crippen LogP contribution in [0.25, 0.3) is 0 Å². The second kappa shape index (κ2) is 10.2. The molecule has 1 heterocycles. The fourth-order valence-electron chi connectivity index (χ4n) is 2.23. The highest BCUT2D eigenvalue weighted by Crippen LogP contribution is 2.17. The molecule has 1 aromatic carbocycles. The molecule has 2 N–H and O–H groups in total. The van der Waals surface area contributed by atoms with Gasteiger partial charge in [-0.2, -0.15) is 0 Å². The van der Waals surface area contributed by atoms with Crippen molar-refractivity contribution in [3.05, 3.63) is 48.2 Å². The quantitative estimate of drug-likeness (QED) is 0.664. The summed E-state index contributed by atoms with van der Waals surface area (Å²) in [5, 5.41) is 5.22. The van der Waals surface area contributed by atoms with Gasteiger partial charge in [-0.15, -0.1) is 0 Å². The van der Waals surface area contributed by atoms with Crippen molar-refractivity contribution in [3.8, 4) is 5.75 Å². The molecule has 0 saturated carbocycles. The first-order valence-corrected chi connectivity index (χ1v) is 9.32. The fourth-order valence-corrected chi connectivity index (χ4v) is 2.23. The third kappa shape index (κ3) is 7.78. The molecule has 0 fully saturated rings. The zero-order valence-electron chi connectivity index (χ0n) is 17.4. The van der Waals surface area contributed by atoms with E-state index in [1.54, 1.807) is 52.0 Å². The number of nitrogens with zero attached hydrogens (tertiary/aromatic N) is 1. The van der Waals surface area contributed by atoms with Crippen molar-refractivity contribution in [3.63, 3.8) is 0 Å². The molecule has 1 aromatic heterocycles. The molecule has 0 aliphatic carbocycles. The lowest BCUT2D eigenvalue weighted by molar-refractivity contribution is -0.145. The predicted molar refractivity (Wildman–Crippen MR) is 111 cm³/mol. The van der Waals surface area contributed by atoms with Gasteiger partial charge in [0.05, 0.1) is 6.61 Å². The van der Waals surface area contributed by atoms with E-state index in [1.165, 1.54) is 18.3 Å². The average molecular weight is 415 g/mol. The molecule has 0 spiro atoms. The first kappa shape index (κ1) is 22.7. The molecular formula is C21H25N3O6. The number of amides is 2. The normalized spacial score (nSPS) is 10.7. The van der Waals surface area contributed by atoms with Crippen LogP contribution in [0.2, 0.25) is 0 Å². The average Bonchev–Trinajstić information content (AvgIpc) is 2.66. The number of nitrogens with one attached hydrogen (secondary N) is 2. The van der Waals surface area contributed by atoms with Gasteiger partial charge in [-0.05, 0) is 64.1 Å². The van der Waals surface area contributed by atoms with Crippen molar-refractivity contribution in [2.24, 2.45) is 0 Å². The van der Waals surface area contributed by atoms with Crippen molar-refractivity contribution in [1.29, 1.82) is 0 Å². The van der Waals surface area contributed by atoms with Gasteiger partial charge in [0.15, 0.2) is 6.61 Å². The Balaban J connectivity index is 1.94. The zero-order valence-corrected chi connectivity index (χ0v) is 17.4. The van der Waals surface area contributed by atoms with Crippen molar-refractivity contribution in [1.82, 2.24) is 4.98 Å². The maximum atomic E-state index is 12.5.